The first-order valence-corrected chi connectivity index (χ1v) is 9.89. The summed E-state index contributed by atoms with van der Waals surface area (Å²) < 4.78 is 8.44. The molecule has 0 saturated heterocycles. The number of fused-ring (bicyclic) bond motifs is 1. The average Bonchev–Trinajstić information content (AvgIpc) is 3.02. The molecule has 4 rings (SSSR count). The molecule has 0 N–H and O–H groups in total. The normalized spacial score (nSPS) is 12.3. The zero-order chi connectivity index (χ0) is 19.7. The molecule has 3 aromatic carbocycles. The molecular weight excluding hydrogens is 391 g/mol. The smallest absolute Gasteiger partial charge is 0.153 e. The van der Waals surface area contributed by atoms with Crippen LogP contribution in [-0.2, 0) is 6.54 Å². The SMILES string of the molecule is Cc1cc(Cl)ccc1O[C@H](C)c1nc2cc(Cl)ccc2n1Cc1ccccc1. The zero-order valence-electron chi connectivity index (χ0n) is 15.7. The number of halogens is 2. The van der Waals surface area contributed by atoms with E-state index in [4.69, 9.17) is 32.9 Å². The summed E-state index contributed by atoms with van der Waals surface area (Å²) >= 11 is 12.3. The minimum absolute atomic E-state index is 0.241. The Balaban J connectivity index is 1.75. The fourth-order valence-corrected chi connectivity index (χ4v) is 3.75. The lowest BCUT2D eigenvalue weighted by atomic mass is 10.2. The Hall–Kier alpha value is -2.49. The fraction of sp³-hybridized carbons (Fsp3) is 0.174. The highest BCUT2D eigenvalue weighted by molar-refractivity contribution is 6.31. The van der Waals surface area contributed by atoms with Crippen LogP contribution >= 0.6 is 23.2 Å². The van der Waals surface area contributed by atoms with Gasteiger partial charge in [0.25, 0.3) is 0 Å². The van der Waals surface area contributed by atoms with Gasteiger partial charge in [-0.3, -0.25) is 0 Å². The van der Waals surface area contributed by atoms with Gasteiger partial charge in [-0.15, -0.1) is 0 Å². The molecule has 0 bridgehead atoms. The molecule has 1 atom stereocenters. The van der Waals surface area contributed by atoms with E-state index in [0.29, 0.717) is 16.6 Å². The third-order valence-corrected chi connectivity index (χ3v) is 5.20. The molecule has 0 aliphatic rings. The predicted molar refractivity (Wildman–Crippen MR) is 116 cm³/mol. The average molecular weight is 411 g/mol. The van der Waals surface area contributed by atoms with Gasteiger partial charge in [0.15, 0.2) is 11.9 Å². The number of benzene rings is 3. The standard InChI is InChI=1S/C23H20Cl2N2O/c1-15-12-18(24)9-11-22(15)28-16(2)23-26-20-13-19(25)8-10-21(20)27(23)14-17-6-4-3-5-7-17/h3-13,16H,14H2,1-2H3/t16-/m1/s1. The lowest BCUT2D eigenvalue weighted by Crippen LogP contribution is -2.13. The second-order valence-electron chi connectivity index (χ2n) is 6.84. The molecule has 0 unspecified atom stereocenters. The van der Waals surface area contributed by atoms with Crippen molar-refractivity contribution in [1.82, 2.24) is 9.55 Å². The van der Waals surface area contributed by atoms with Crippen LogP contribution < -0.4 is 4.74 Å². The summed E-state index contributed by atoms with van der Waals surface area (Å²) in [5, 5.41) is 1.37. The van der Waals surface area contributed by atoms with E-state index < -0.39 is 0 Å². The molecule has 0 fully saturated rings. The van der Waals surface area contributed by atoms with Gasteiger partial charge in [0.2, 0.25) is 0 Å². The Morgan fingerprint density at radius 1 is 0.964 bits per heavy atom. The van der Waals surface area contributed by atoms with E-state index in [1.165, 1.54) is 5.56 Å². The molecule has 28 heavy (non-hydrogen) atoms. The number of ether oxygens (including phenoxy) is 1. The molecule has 0 saturated carbocycles. The summed E-state index contributed by atoms with van der Waals surface area (Å²) in [6.07, 6.45) is -0.241. The summed E-state index contributed by atoms with van der Waals surface area (Å²) in [6, 6.07) is 21.8. The molecule has 1 aromatic heterocycles. The number of hydrogen-bond acceptors (Lipinski definition) is 2. The van der Waals surface area contributed by atoms with Crippen molar-refractivity contribution in [2.24, 2.45) is 0 Å². The van der Waals surface area contributed by atoms with E-state index in [2.05, 4.69) is 16.7 Å². The highest BCUT2D eigenvalue weighted by Crippen LogP contribution is 2.30. The maximum atomic E-state index is 6.25. The highest BCUT2D eigenvalue weighted by Gasteiger charge is 2.19. The molecule has 142 valence electrons. The molecule has 0 aliphatic carbocycles. The lowest BCUT2D eigenvalue weighted by Gasteiger charge is -2.18. The Morgan fingerprint density at radius 3 is 2.43 bits per heavy atom. The minimum Gasteiger partial charge on any atom is -0.483 e. The van der Waals surface area contributed by atoms with Crippen molar-refractivity contribution >= 4 is 34.2 Å². The van der Waals surface area contributed by atoms with Crippen molar-refractivity contribution < 1.29 is 4.74 Å². The van der Waals surface area contributed by atoms with Gasteiger partial charge in [-0.05, 0) is 61.4 Å². The predicted octanol–water partition coefficient (Wildman–Crippen LogP) is 6.84. The molecule has 0 radical (unpaired) electrons. The van der Waals surface area contributed by atoms with Crippen LogP contribution in [0, 0.1) is 6.92 Å². The molecule has 4 aromatic rings. The monoisotopic (exact) mass is 410 g/mol. The van der Waals surface area contributed by atoms with Crippen LogP contribution in [0.5, 0.6) is 5.75 Å². The Morgan fingerprint density at radius 2 is 1.68 bits per heavy atom. The van der Waals surface area contributed by atoms with E-state index in [0.717, 1.165) is 28.2 Å². The van der Waals surface area contributed by atoms with Gasteiger partial charge in [-0.1, -0.05) is 53.5 Å². The largest absolute Gasteiger partial charge is 0.483 e. The van der Waals surface area contributed by atoms with Gasteiger partial charge in [0.05, 0.1) is 11.0 Å². The Bertz CT molecular complexity index is 1120. The first-order valence-electron chi connectivity index (χ1n) is 9.13. The van der Waals surface area contributed by atoms with Gasteiger partial charge in [0, 0.05) is 16.6 Å². The van der Waals surface area contributed by atoms with E-state index in [1.807, 2.05) is 68.4 Å². The third kappa shape index (κ3) is 3.87. The van der Waals surface area contributed by atoms with E-state index in [9.17, 15) is 0 Å². The first kappa shape index (κ1) is 18.9. The van der Waals surface area contributed by atoms with Gasteiger partial charge < -0.3 is 9.30 Å². The van der Waals surface area contributed by atoms with Crippen LogP contribution in [0.2, 0.25) is 10.0 Å². The number of imidazole rings is 1. The van der Waals surface area contributed by atoms with E-state index in [-0.39, 0.29) is 6.10 Å². The van der Waals surface area contributed by atoms with Crippen molar-refractivity contribution in [3.8, 4) is 5.75 Å². The molecule has 0 amide bonds. The quantitative estimate of drug-likeness (QED) is 0.360. The zero-order valence-corrected chi connectivity index (χ0v) is 17.2. The molecule has 1 heterocycles. The van der Waals surface area contributed by atoms with Crippen LogP contribution in [0.1, 0.15) is 30.0 Å². The molecular formula is C23H20Cl2N2O. The second-order valence-corrected chi connectivity index (χ2v) is 7.72. The van der Waals surface area contributed by atoms with Gasteiger partial charge in [0.1, 0.15) is 5.75 Å². The number of nitrogens with zero attached hydrogens (tertiary/aromatic N) is 2. The van der Waals surface area contributed by atoms with Crippen molar-refractivity contribution in [3.63, 3.8) is 0 Å². The van der Waals surface area contributed by atoms with Crippen molar-refractivity contribution in [1.29, 1.82) is 0 Å². The van der Waals surface area contributed by atoms with Gasteiger partial charge in [-0.2, -0.15) is 0 Å². The lowest BCUT2D eigenvalue weighted by molar-refractivity contribution is 0.211. The summed E-state index contributed by atoms with van der Waals surface area (Å²) in [6.45, 7) is 4.71. The maximum absolute atomic E-state index is 6.25. The van der Waals surface area contributed by atoms with Crippen LogP contribution in [-0.4, -0.2) is 9.55 Å². The number of aryl methyl sites for hydroxylation is 1. The van der Waals surface area contributed by atoms with E-state index >= 15 is 0 Å². The molecule has 0 aliphatic heterocycles. The summed E-state index contributed by atoms with van der Waals surface area (Å²) in [7, 11) is 0. The Labute approximate surface area is 174 Å². The van der Waals surface area contributed by atoms with Crippen molar-refractivity contribution in [2.75, 3.05) is 0 Å². The van der Waals surface area contributed by atoms with Crippen molar-refractivity contribution in [2.45, 2.75) is 26.5 Å². The minimum atomic E-state index is -0.241. The van der Waals surface area contributed by atoms with Crippen molar-refractivity contribution in [3.05, 3.63) is 93.7 Å². The molecule has 0 spiro atoms. The number of hydrogen-bond donors (Lipinski definition) is 0. The summed E-state index contributed by atoms with van der Waals surface area (Å²) in [5.41, 5.74) is 4.09. The van der Waals surface area contributed by atoms with Crippen LogP contribution in [0.25, 0.3) is 11.0 Å². The Kier molecular flexibility index (Phi) is 5.29. The molecule has 5 heteroatoms. The van der Waals surface area contributed by atoms with Gasteiger partial charge >= 0.3 is 0 Å². The highest BCUT2D eigenvalue weighted by atomic mass is 35.5. The summed E-state index contributed by atoms with van der Waals surface area (Å²) in [4.78, 5) is 4.84. The van der Waals surface area contributed by atoms with E-state index in [1.54, 1.807) is 0 Å². The molecule has 3 nitrogen and oxygen atoms in total. The number of aromatic nitrogens is 2. The van der Waals surface area contributed by atoms with Crippen LogP contribution in [0.3, 0.4) is 0 Å². The van der Waals surface area contributed by atoms with Crippen LogP contribution in [0.4, 0.5) is 0 Å². The topological polar surface area (TPSA) is 27.1 Å². The third-order valence-electron chi connectivity index (χ3n) is 4.73. The second kappa shape index (κ2) is 7.86. The number of rotatable bonds is 5. The first-order chi connectivity index (χ1) is 13.5. The fourth-order valence-electron chi connectivity index (χ4n) is 3.35. The maximum Gasteiger partial charge on any atom is 0.153 e. The van der Waals surface area contributed by atoms with Gasteiger partial charge in [-0.25, -0.2) is 4.98 Å². The summed E-state index contributed by atoms with van der Waals surface area (Å²) in [5.74, 6) is 1.66. The van der Waals surface area contributed by atoms with Crippen LogP contribution in [0.15, 0.2) is 66.7 Å².